The topological polar surface area (TPSA) is 117 Å². The van der Waals surface area contributed by atoms with Crippen molar-refractivity contribution in [3.8, 4) is 11.5 Å². The van der Waals surface area contributed by atoms with Crippen molar-refractivity contribution >= 4 is 22.6 Å². The number of quaternary nitrogens is 2. The number of rotatable bonds is 14. The fraction of sp³-hybridized carbons (Fsp3) is 0.625. The summed E-state index contributed by atoms with van der Waals surface area (Å²) in [7, 11) is 0. The van der Waals surface area contributed by atoms with Crippen LogP contribution in [-0.2, 0) is 9.59 Å². The highest BCUT2D eigenvalue weighted by molar-refractivity contribution is 5.89. The zero-order chi connectivity index (χ0) is 30.0. The fourth-order valence-electron chi connectivity index (χ4n) is 6.34. The molecule has 4 rings (SSSR count). The van der Waals surface area contributed by atoms with Crippen molar-refractivity contribution in [2.24, 2.45) is 0 Å². The minimum Gasteiger partial charge on any atom is -0.491 e. The molecule has 0 saturated carbocycles. The fourth-order valence-corrected chi connectivity index (χ4v) is 6.34. The Hall–Kier alpha value is -2.92. The summed E-state index contributed by atoms with van der Waals surface area (Å²) in [5.41, 5.74) is 6.26. The molecule has 0 radical (unpaired) electrons. The summed E-state index contributed by atoms with van der Waals surface area (Å²) in [4.78, 5) is 24.3. The number of hydrogen-bond acceptors (Lipinski definition) is 6. The van der Waals surface area contributed by atoms with Crippen LogP contribution >= 0.6 is 0 Å². The second-order valence-corrected chi connectivity index (χ2v) is 12.0. The summed E-state index contributed by atoms with van der Waals surface area (Å²) >= 11 is 0. The second-order valence-electron chi connectivity index (χ2n) is 12.0. The van der Waals surface area contributed by atoms with Gasteiger partial charge in [0.1, 0.15) is 76.2 Å². The molecule has 2 heterocycles. The van der Waals surface area contributed by atoms with Crippen LogP contribution in [0.5, 0.6) is 11.5 Å². The van der Waals surface area contributed by atoms with E-state index in [0.717, 1.165) is 75.5 Å². The summed E-state index contributed by atoms with van der Waals surface area (Å²) in [6, 6.07) is 11.5. The molecule has 2 aromatic rings. The highest BCUT2D eigenvalue weighted by atomic mass is 16.5. The zero-order valence-corrected chi connectivity index (χ0v) is 25.4. The van der Waals surface area contributed by atoms with E-state index >= 15 is 0 Å². The van der Waals surface area contributed by atoms with E-state index in [1.165, 1.54) is 0 Å². The Morgan fingerprint density at radius 2 is 1.29 bits per heavy atom. The van der Waals surface area contributed by atoms with Gasteiger partial charge in [-0.05, 0) is 68.2 Å². The van der Waals surface area contributed by atoms with E-state index in [2.05, 4.69) is 10.9 Å². The van der Waals surface area contributed by atoms with Crippen molar-refractivity contribution in [1.29, 1.82) is 0 Å². The maximum Gasteiger partial charge on any atom is 0.264 e. The number of carbonyl (C=O) groups is 2. The second kappa shape index (κ2) is 15.0. The van der Waals surface area contributed by atoms with Gasteiger partial charge in [-0.3, -0.25) is 9.59 Å². The molecule has 0 aliphatic carbocycles. The molecule has 2 fully saturated rings. The maximum absolute atomic E-state index is 12.2. The Morgan fingerprint density at radius 1 is 0.762 bits per heavy atom. The summed E-state index contributed by atoms with van der Waals surface area (Å²) in [5, 5.41) is 23.6. The third-order valence-electron chi connectivity index (χ3n) is 8.52. The van der Waals surface area contributed by atoms with Crippen LogP contribution in [0.4, 0.5) is 0 Å². The van der Waals surface area contributed by atoms with Gasteiger partial charge < -0.3 is 19.7 Å². The van der Waals surface area contributed by atoms with Crippen molar-refractivity contribution < 1.29 is 38.5 Å². The molecule has 4 N–H and O–H groups in total. The summed E-state index contributed by atoms with van der Waals surface area (Å²) in [6.07, 6.45) is 5.79. The number of ether oxygens (including phenoxy) is 2. The average Bonchev–Trinajstić information content (AvgIpc) is 2.99. The normalized spacial score (nSPS) is 19.4. The molecule has 0 spiro atoms. The Kier molecular flexibility index (Phi) is 11.4. The molecule has 2 aliphatic heterocycles. The van der Waals surface area contributed by atoms with Crippen molar-refractivity contribution in [2.75, 3.05) is 52.5 Å². The van der Waals surface area contributed by atoms with Gasteiger partial charge >= 0.3 is 0 Å². The maximum atomic E-state index is 12.2. The molecule has 232 valence electrons. The summed E-state index contributed by atoms with van der Waals surface area (Å²) in [6.45, 7) is 8.06. The number of benzene rings is 2. The van der Waals surface area contributed by atoms with Crippen LogP contribution in [0.15, 0.2) is 36.4 Å². The molecule has 42 heavy (non-hydrogen) atoms. The number of nitrogens with one attached hydrogen (secondary N) is 2. The minimum atomic E-state index is -0.729. The Labute approximate surface area is 249 Å². The Bertz CT molecular complexity index is 1180. The van der Waals surface area contributed by atoms with Gasteiger partial charge in [0, 0.05) is 18.2 Å². The Balaban J connectivity index is 1.34. The SMILES string of the molecule is CCC(=O)N[N+]1(CC(O)COc2ccc3c(OCC(O)C[N+]4(NC(=O)CC)CCCCC4)cccc3c2)CCCCC1. The lowest BCUT2D eigenvalue weighted by Gasteiger charge is -2.41. The molecular formula is C32H50N4O6+2. The number of likely N-dealkylation sites (tertiary alicyclic amines) is 2. The van der Waals surface area contributed by atoms with E-state index in [-0.39, 0.29) is 25.0 Å². The molecule has 2 amide bonds. The van der Waals surface area contributed by atoms with Gasteiger partial charge in [-0.1, -0.05) is 26.0 Å². The van der Waals surface area contributed by atoms with Crippen molar-refractivity contribution in [3.63, 3.8) is 0 Å². The highest BCUT2D eigenvalue weighted by Crippen LogP contribution is 2.29. The van der Waals surface area contributed by atoms with E-state index < -0.39 is 12.2 Å². The van der Waals surface area contributed by atoms with Gasteiger partial charge in [0.2, 0.25) is 0 Å². The molecule has 0 bridgehead atoms. The zero-order valence-electron chi connectivity index (χ0n) is 25.4. The number of fused-ring (bicyclic) bond motifs is 1. The van der Waals surface area contributed by atoms with Crippen LogP contribution in [0.25, 0.3) is 10.8 Å². The van der Waals surface area contributed by atoms with Crippen LogP contribution in [0.1, 0.15) is 65.2 Å². The van der Waals surface area contributed by atoms with Gasteiger partial charge in [-0.25, -0.2) is 20.0 Å². The standard InChI is InChI=1S/C32H48N4O6/c1-3-31(39)33-35(16-7-5-8-17-35)21-26(37)23-41-28-14-15-29-25(20-28)12-11-13-30(29)42-24-27(38)22-36(34-32(40)4-2)18-9-6-10-19-36/h11-15,20,26-27,37-38H,3-10,16-19,21-24H2,1-2H3/p+2. The molecule has 10 heteroatoms. The van der Waals surface area contributed by atoms with E-state index in [1.807, 2.05) is 50.2 Å². The first-order valence-corrected chi connectivity index (χ1v) is 15.7. The van der Waals surface area contributed by atoms with Gasteiger partial charge in [0.15, 0.2) is 0 Å². The smallest absolute Gasteiger partial charge is 0.264 e. The van der Waals surface area contributed by atoms with Crippen LogP contribution in [-0.4, -0.2) is 95.9 Å². The highest BCUT2D eigenvalue weighted by Gasteiger charge is 2.36. The molecule has 2 aliphatic rings. The first-order chi connectivity index (χ1) is 20.3. The third-order valence-corrected chi connectivity index (χ3v) is 8.52. The number of aliphatic hydroxyl groups is 2. The number of piperidine rings is 2. The number of amides is 2. The number of hydrogen-bond donors (Lipinski definition) is 4. The average molecular weight is 587 g/mol. The third kappa shape index (κ3) is 8.80. The molecule has 2 unspecified atom stereocenters. The predicted molar refractivity (Wildman–Crippen MR) is 161 cm³/mol. The monoisotopic (exact) mass is 586 g/mol. The number of aliphatic hydroxyl groups excluding tert-OH is 2. The van der Waals surface area contributed by atoms with E-state index in [4.69, 9.17) is 9.47 Å². The number of carbonyl (C=O) groups excluding carboxylic acids is 2. The van der Waals surface area contributed by atoms with Gasteiger partial charge in [0.25, 0.3) is 11.8 Å². The Morgan fingerprint density at radius 3 is 1.81 bits per heavy atom. The molecule has 2 atom stereocenters. The van der Waals surface area contributed by atoms with E-state index in [0.29, 0.717) is 46.6 Å². The van der Waals surface area contributed by atoms with E-state index in [9.17, 15) is 19.8 Å². The largest absolute Gasteiger partial charge is 0.491 e. The summed E-state index contributed by atoms with van der Waals surface area (Å²) in [5.74, 6) is 1.31. The number of nitrogens with zero attached hydrogens (tertiary/aromatic N) is 2. The lowest BCUT2D eigenvalue weighted by atomic mass is 10.1. The first-order valence-electron chi connectivity index (χ1n) is 15.7. The molecule has 0 aromatic heterocycles. The van der Waals surface area contributed by atoms with Crippen LogP contribution < -0.4 is 20.3 Å². The van der Waals surface area contributed by atoms with Crippen molar-refractivity contribution in [3.05, 3.63) is 36.4 Å². The molecular weight excluding hydrogens is 536 g/mol. The minimum absolute atomic E-state index is 0.000401. The van der Waals surface area contributed by atoms with Crippen LogP contribution in [0.2, 0.25) is 0 Å². The predicted octanol–water partition coefficient (Wildman–Crippen LogP) is 3.20. The lowest BCUT2D eigenvalue weighted by Crippen LogP contribution is -2.65. The molecule has 2 saturated heterocycles. The quantitative estimate of drug-likeness (QED) is 0.253. The van der Waals surface area contributed by atoms with Gasteiger partial charge in [0.05, 0.1) is 0 Å². The van der Waals surface area contributed by atoms with Crippen molar-refractivity contribution in [1.82, 2.24) is 10.9 Å². The van der Waals surface area contributed by atoms with Crippen molar-refractivity contribution in [2.45, 2.75) is 77.4 Å². The van der Waals surface area contributed by atoms with Gasteiger partial charge in [-0.2, -0.15) is 0 Å². The van der Waals surface area contributed by atoms with E-state index in [1.54, 1.807) is 0 Å². The lowest BCUT2D eigenvalue weighted by molar-refractivity contribution is -0.967. The summed E-state index contributed by atoms with van der Waals surface area (Å²) < 4.78 is 12.9. The van der Waals surface area contributed by atoms with Crippen LogP contribution in [0.3, 0.4) is 0 Å². The van der Waals surface area contributed by atoms with Gasteiger partial charge in [-0.15, -0.1) is 0 Å². The molecule has 10 nitrogen and oxygen atoms in total. The first kappa shape index (κ1) is 32.0. The van der Waals surface area contributed by atoms with Crippen LogP contribution in [0, 0.1) is 0 Å². The molecule has 2 aromatic carbocycles.